The molecule has 1 unspecified atom stereocenters. The minimum atomic E-state index is 0.116. The normalized spacial score (nSPS) is 12.6. The molecule has 0 amide bonds. The molecule has 0 bridgehead atoms. The molecule has 0 fully saturated rings. The van der Waals surface area contributed by atoms with Gasteiger partial charge in [-0.15, -0.1) is 0 Å². The highest BCUT2D eigenvalue weighted by Gasteiger charge is 2.06. The van der Waals surface area contributed by atoms with E-state index in [4.69, 9.17) is 4.84 Å². The van der Waals surface area contributed by atoms with Crippen LogP contribution < -0.4 is 10.8 Å². The Morgan fingerprint density at radius 1 is 1.12 bits per heavy atom. The summed E-state index contributed by atoms with van der Waals surface area (Å²) >= 11 is 0. The molecule has 0 aliphatic heterocycles. The van der Waals surface area contributed by atoms with E-state index in [-0.39, 0.29) is 6.17 Å². The second kappa shape index (κ2) is 5.66. The largest absolute Gasteiger partial charge is 0.368 e. The minimum Gasteiger partial charge on any atom is -0.368 e. The smallest absolute Gasteiger partial charge is 0.0997 e. The van der Waals surface area contributed by atoms with Gasteiger partial charge in [0.05, 0.1) is 13.3 Å². The predicted octanol–water partition coefficient (Wildman–Crippen LogP) is 3.14. The molecule has 0 aliphatic carbocycles. The maximum absolute atomic E-state index is 4.97. The Bertz CT molecular complexity index is 479. The lowest BCUT2D eigenvalue weighted by atomic mass is 10.1. The van der Waals surface area contributed by atoms with Gasteiger partial charge in [-0.2, -0.15) is 5.48 Å². The van der Waals surface area contributed by atoms with Gasteiger partial charge in [-0.1, -0.05) is 43.3 Å². The van der Waals surface area contributed by atoms with Crippen molar-refractivity contribution in [2.75, 3.05) is 12.4 Å². The summed E-state index contributed by atoms with van der Waals surface area (Å²) in [5, 5.41) is 5.91. The van der Waals surface area contributed by atoms with Crippen molar-refractivity contribution in [2.24, 2.45) is 0 Å². The van der Waals surface area contributed by atoms with Crippen molar-refractivity contribution in [3.8, 4) is 0 Å². The summed E-state index contributed by atoms with van der Waals surface area (Å²) < 4.78 is 0. The number of benzene rings is 2. The lowest BCUT2D eigenvalue weighted by molar-refractivity contribution is 0.0676. The second-order valence-electron chi connectivity index (χ2n) is 3.95. The fourth-order valence-corrected chi connectivity index (χ4v) is 1.90. The zero-order chi connectivity index (χ0) is 12.1. The van der Waals surface area contributed by atoms with Crippen LogP contribution in [0.3, 0.4) is 0 Å². The molecule has 1 atom stereocenters. The van der Waals surface area contributed by atoms with Crippen LogP contribution in [0.2, 0.25) is 0 Å². The Morgan fingerprint density at radius 3 is 2.65 bits per heavy atom. The summed E-state index contributed by atoms with van der Waals surface area (Å²) in [6.45, 7) is 2.11. The third-order valence-electron chi connectivity index (χ3n) is 2.79. The Morgan fingerprint density at radius 2 is 1.88 bits per heavy atom. The zero-order valence-corrected chi connectivity index (χ0v) is 10.2. The van der Waals surface area contributed by atoms with Gasteiger partial charge in [0.25, 0.3) is 0 Å². The van der Waals surface area contributed by atoms with Crippen molar-refractivity contribution < 1.29 is 4.84 Å². The molecule has 0 radical (unpaired) electrons. The molecule has 2 rings (SSSR count). The molecular formula is C14H18N2O. The first-order valence-corrected chi connectivity index (χ1v) is 5.88. The van der Waals surface area contributed by atoms with E-state index in [1.54, 1.807) is 7.11 Å². The highest BCUT2D eigenvalue weighted by Crippen LogP contribution is 2.23. The number of anilines is 1. The van der Waals surface area contributed by atoms with E-state index in [0.717, 1.165) is 12.1 Å². The van der Waals surface area contributed by atoms with Crippen molar-refractivity contribution in [1.82, 2.24) is 5.48 Å². The van der Waals surface area contributed by atoms with Gasteiger partial charge in [-0.25, -0.2) is 0 Å². The predicted molar refractivity (Wildman–Crippen MR) is 71.8 cm³/mol. The van der Waals surface area contributed by atoms with Crippen LogP contribution in [0.5, 0.6) is 0 Å². The first kappa shape index (κ1) is 11.9. The fraction of sp³-hybridized carbons (Fsp3) is 0.286. The molecule has 90 valence electrons. The zero-order valence-electron chi connectivity index (χ0n) is 10.2. The van der Waals surface area contributed by atoms with Crippen LogP contribution in [0, 0.1) is 0 Å². The van der Waals surface area contributed by atoms with E-state index in [2.05, 4.69) is 60.2 Å². The molecule has 3 nitrogen and oxygen atoms in total. The van der Waals surface area contributed by atoms with Crippen molar-refractivity contribution in [2.45, 2.75) is 19.5 Å². The second-order valence-corrected chi connectivity index (χ2v) is 3.95. The maximum atomic E-state index is 4.97. The molecule has 3 heteroatoms. The summed E-state index contributed by atoms with van der Waals surface area (Å²) in [7, 11) is 1.63. The van der Waals surface area contributed by atoms with Crippen molar-refractivity contribution in [3.05, 3.63) is 42.5 Å². The molecule has 0 aromatic heterocycles. The fourth-order valence-electron chi connectivity index (χ4n) is 1.90. The summed E-state index contributed by atoms with van der Waals surface area (Å²) in [4.78, 5) is 4.97. The standard InChI is InChI=1S/C14H18N2O/c1-3-14(16-17-2)15-13-10-6-8-11-7-4-5-9-12(11)13/h4-10,14-16H,3H2,1-2H3. The minimum absolute atomic E-state index is 0.116. The third-order valence-corrected chi connectivity index (χ3v) is 2.79. The molecule has 2 aromatic carbocycles. The molecule has 0 aliphatic rings. The van der Waals surface area contributed by atoms with Gasteiger partial charge < -0.3 is 10.2 Å². The number of hydroxylamine groups is 1. The summed E-state index contributed by atoms with van der Waals surface area (Å²) in [6.07, 6.45) is 1.06. The number of hydrogen-bond acceptors (Lipinski definition) is 3. The quantitative estimate of drug-likeness (QED) is 0.611. The molecule has 2 N–H and O–H groups in total. The van der Waals surface area contributed by atoms with Gasteiger partial charge in [-0.05, 0) is 17.9 Å². The first-order chi connectivity index (χ1) is 8.35. The lowest BCUT2D eigenvalue weighted by Crippen LogP contribution is -2.34. The number of fused-ring (bicyclic) bond motifs is 1. The number of hydrogen-bond donors (Lipinski definition) is 2. The Balaban J connectivity index is 2.28. The topological polar surface area (TPSA) is 33.3 Å². The molecule has 0 heterocycles. The Hall–Kier alpha value is -1.58. The molecule has 0 saturated carbocycles. The van der Waals surface area contributed by atoms with Gasteiger partial charge in [0.1, 0.15) is 0 Å². The van der Waals surface area contributed by atoms with Crippen LogP contribution in [0.15, 0.2) is 42.5 Å². The van der Waals surface area contributed by atoms with Gasteiger partial charge in [0.15, 0.2) is 0 Å². The van der Waals surface area contributed by atoms with E-state index in [1.807, 2.05) is 0 Å². The first-order valence-electron chi connectivity index (χ1n) is 5.88. The van der Waals surface area contributed by atoms with Crippen LogP contribution in [0.1, 0.15) is 13.3 Å². The van der Waals surface area contributed by atoms with E-state index < -0.39 is 0 Å². The summed E-state index contributed by atoms with van der Waals surface area (Å²) in [5.74, 6) is 0. The van der Waals surface area contributed by atoms with Crippen LogP contribution in [-0.2, 0) is 4.84 Å². The highest BCUT2D eigenvalue weighted by molar-refractivity contribution is 5.93. The van der Waals surface area contributed by atoms with Crippen molar-refractivity contribution in [3.63, 3.8) is 0 Å². The van der Waals surface area contributed by atoms with E-state index in [9.17, 15) is 0 Å². The van der Waals surface area contributed by atoms with Crippen molar-refractivity contribution in [1.29, 1.82) is 0 Å². The van der Waals surface area contributed by atoms with E-state index in [0.29, 0.717) is 0 Å². The maximum Gasteiger partial charge on any atom is 0.0997 e. The van der Waals surface area contributed by atoms with Crippen LogP contribution in [0.25, 0.3) is 10.8 Å². The summed E-state index contributed by atoms with van der Waals surface area (Å²) in [5.41, 5.74) is 4.06. The van der Waals surface area contributed by atoms with Gasteiger partial charge in [0.2, 0.25) is 0 Å². The Kier molecular flexibility index (Phi) is 3.96. The molecule has 17 heavy (non-hydrogen) atoms. The molecule has 0 spiro atoms. The van der Waals surface area contributed by atoms with Gasteiger partial charge in [-0.3, -0.25) is 0 Å². The monoisotopic (exact) mass is 230 g/mol. The van der Waals surface area contributed by atoms with E-state index in [1.165, 1.54) is 10.8 Å². The lowest BCUT2D eigenvalue weighted by Gasteiger charge is -2.19. The number of rotatable bonds is 5. The molecule has 0 saturated heterocycles. The molecular weight excluding hydrogens is 212 g/mol. The molecule has 2 aromatic rings. The Labute approximate surface area is 102 Å². The average Bonchev–Trinajstić information content (AvgIpc) is 2.38. The average molecular weight is 230 g/mol. The van der Waals surface area contributed by atoms with Crippen LogP contribution in [-0.4, -0.2) is 13.3 Å². The van der Waals surface area contributed by atoms with Crippen LogP contribution in [0.4, 0.5) is 5.69 Å². The van der Waals surface area contributed by atoms with Gasteiger partial charge >= 0.3 is 0 Å². The number of nitrogens with one attached hydrogen (secondary N) is 2. The van der Waals surface area contributed by atoms with Crippen LogP contribution >= 0.6 is 0 Å². The van der Waals surface area contributed by atoms with Gasteiger partial charge in [0, 0.05) is 11.1 Å². The van der Waals surface area contributed by atoms with Crippen molar-refractivity contribution >= 4 is 16.5 Å². The summed E-state index contributed by atoms with van der Waals surface area (Å²) in [6, 6.07) is 14.6. The highest BCUT2D eigenvalue weighted by atomic mass is 16.6. The van der Waals surface area contributed by atoms with E-state index >= 15 is 0 Å². The third kappa shape index (κ3) is 2.75. The SMILES string of the molecule is CCC(NOC)Nc1cccc2ccccc12.